The van der Waals surface area contributed by atoms with Crippen LogP contribution < -0.4 is 0 Å². The maximum atomic E-state index is 10.5. The van der Waals surface area contributed by atoms with Gasteiger partial charge in [-0.2, -0.15) is 0 Å². The Hall–Kier alpha value is -0.820. The minimum absolute atomic E-state index is 0.104. The van der Waals surface area contributed by atoms with E-state index in [0.29, 0.717) is 0 Å². The van der Waals surface area contributed by atoms with Crippen molar-refractivity contribution in [1.29, 1.82) is 0 Å². The predicted octanol–water partition coefficient (Wildman–Crippen LogP) is 2.23. The highest BCUT2D eigenvalue weighted by Gasteiger charge is 1.95. The van der Waals surface area contributed by atoms with E-state index in [-0.39, 0.29) is 6.61 Å². The third kappa shape index (κ3) is 1.36. The standard InChI is InChI=1S/C9H11O/c1-7-3-4-8(2)9(5-7)6-10/h3-5H,6H2,1-2H3. The zero-order valence-electron chi connectivity index (χ0n) is 6.35. The Labute approximate surface area is 61.3 Å². The topological polar surface area (TPSA) is 19.9 Å². The second-order valence-electron chi connectivity index (χ2n) is 2.57. The van der Waals surface area contributed by atoms with Gasteiger partial charge in [0.2, 0.25) is 0 Å². The molecule has 0 heterocycles. The second-order valence-corrected chi connectivity index (χ2v) is 2.57. The highest BCUT2D eigenvalue weighted by molar-refractivity contribution is 5.29. The maximum Gasteiger partial charge on any atom is 0.108 e. The number of benzene rings is 1. The molecule has 1 nitrogen and oxygen atoms in total. The lowest BCUT2D eigenvalue weighted by Crippen LogP contribution is -1.87. The first-order chi connectivity index (χ1) is 4.74. The van der Waals surface area contributed by atoms with Gasteiger partial charge in [0.1, 0.15) is 6.61 Å². The van der Waals surface area contributed by atoms with E-state index in [1.165, 1.54) is 0 Å². The zero-order valence-corrected chi connectivity index (χ0v) is 6.35. The van der Waals surface area contributed by atoms with Crippen LogP contribution in [0, 0.1) is 13.8 Å². The lowest BCUT2D eigenvalue weighted by atomic mass is 10.1. The molecule has 0 bridgehead atoms. The molecule has 0 saturated heterocycles. The molecule has 0 aliphatic rings. The molecule has 1 heteroatoms. The Morgan fingerprint density at radius 2 is 2.00 bits per heavy atom. The van der Waals surface area contributed by atoms with Crippen LogP contribution in [0.1, 0.15) is 16.7 Å². The maximum absolute atomic E-state index is 10.5. The number of hydrogen-bond donors (Lipinski definition) is 0. The molecule has 0 fully saturated rings. The predicted molar refractivity (Wildman–Crippen MR) is 40.3 cm³/mol. The number of hydrogen-bond acceptors (Lipinski definition) is 0. The van der Waals surface area contributed by atoms with Crippen LogP contribution in [0.5, 0.6) is 0 Å². The first kappa shape index (κ1) is 7.29. The van der Waals surface area contributed by atoms with Crippen LogP contribution in [0.3, 0.4) is 0 Å². The van der Waals surface area contributed by atoms with Crippen molar-refractivity contribution in [2.75, 3.05) is 0 Å². The fourth-order valence-corrected chi connectivity index (χ4v) is 0.956. The van der Waals surface area contributed by atoms with Crippen molar-refractivity contribution in [3.8, 4) is 0 Å². The molecule has 0 unspecified atom stereocenters. The van der Waals surface area contributed by atoms with E-state index in [1.807, 2.05) is 32.0 Å². The van der Waals surface area contributed by atoms with Crippen LogP contribution in [0.4, 0.5) is 0 Å². The zero-order chi connectivity index (χ0) is 7.56. The van der Waals surface area contributed by atoms with E-state index in [9.17, 15) is 5.11 Å². The molecule has 0 aromatic heterocycles. The fraction of sp³-hybridized carbons (Fsp3) is 0.333. The lowest BCUT2D eigenvalue weighted by Gasteiger charge is -2.00. The fourth-order valence-electron chi connectivity index (χ4n) is 0.956. The van der Waals surface area contributed by atoms with Gasteiger partial charge in [0.05, 0.1) is 0 Å². The molecule has 0 saturated carbocycles. The van der Waals surface area contributed by atoms with Crippen molar-refractivity contribution in [2.24, 2.45) is 0 Å². The summed E-state index contributed by atoms with van der Waals surface area (Å²) in [6.07, 6.45) is 0. The van der Waals surface area contributed by atoms with Crippen molar-refractivity contribution in [3.05, 3.63) is 34.9 Å². The van der Waals surface area contributed by atoms with Crippen molar-refractivity contribution in [2.45, 2.75) is 20.5 Å². The van der Waals surface area contributed by atoms with Gasteiger partial charge in [0, 0.05) is 0 Å². The molecule has 10 heavy (non-hydrogen) atoms. The lowest BCUT2D eigenvalue weighted by molar-refractivity contribution is 0.177. The summed E-state index contributed by atoms with van der Waals surface area (Å²) < 4.78 is 0. The summed E-state index contributed by atoms with van der Waals surface area (Å²) in [7, 11) is 0. The van der Waals surface area contributed by atoms with Crippen molar-refractivity contribution >= 4 is 0 Å². The van der Waals surface area contributed by atoms with E-state index in [1.54, 1.807) is 0 Å². The smallest absolute Gasteiger partial charge is 0.108 e. The first-order valence-corrected chi connectivity index (χ1v) is 3.38. The Bertz CT molecular complexity index is 228. The summed E-state index contributed by atoms with van der Waals surface area (Å²) in [5.41, 5.74) is 3.18. The Kier molecular flexibility index (Phi) is 2.07. The van der Waals surface area contributed by atoms with Crippen LogP contribution in [-0.4, -0.2) is 0 Å². The second kappa shape index (κ2) is 2.84. The van der Waals surface area contributed by atoms with E-state index in [0.717, 1.165) is 16.7 Å². The summed E-state index contributed by atoms with van der Waals surface area (Å²) >= 11 is 0. The van der Waals surface area contributed by atoms with Crippen LogP contribution >= 0.6 is 0 Å². The van der Waals surface area contributed by atoms with Crippen LogP contribution in [0.2, 0.25) is 0 Å². The van der Waals surface area contributed by atoms with Gasteiger partial charge >= 0.3 is 0 Å². The minimum atomic E-state index is -0.104. The molecular weight excluding hydrogens is 124 g/mol. The average molecular weight is 135 g/mol. The van der Waals surface area contributed by atoms with Gasteiger partial charge in [-0.05, 0) is 25.0 Å². The van der Waals surface area contributed by atoms with Gasteiger partial charge in [0.25, 0.3) is 0 Å². The van der Waals surface area contributed by atoms with Gasteiger partial charge in [-0.15, -0.1) is 0 Å². The van der Waals surface area contributed by atoms with Gasteiger partial charge < -0.3 is 0 Å². The van der Waals surface area contributed by atoms with E-state index in [2.05, 4.69) is 0 Å². The number of rotatable bonds is 1. The van der Waals surface area contributed by atoms with Gasteiger partial charge in [0.15, 0.2) is 0 Å². The highest BCUT2D eigenvalue weighted by atomic mass is 16.3. The van der Waals surface area contributed by atoms with Gasteiger partial charge in [-0.3, -0.25) is 0 Å². The normalized spacial score (nSPS) is 9.90. The van der Waals surface area contributed by atoms with E-state index >= 15 is 0 Å². The summed E-state index contributed by atoms with van der Waals surface area (Å²) in [4.78, 5) is 0. The van der Waals surface area contributed by atoms with Crippen LogP contribution in [0.15, 0.2) is 18.2 Å². The molecule has 1 radical (unpaired) electrons. The summed E-state index contributed by atoms with van der Waals surface area (Å²) in [5.74, 6) is 0. The third-order valence-electron chi connectivity index (χ3n) is 1.66. The molecule has 0 amide bonds. The summed E-state index contributed by atoms with van der Waals surface area (Å²) in [5, 5.41) is 10.5. The molecule has 0 spiro atoms. The van der Waals surface area contributed by atoms with Gasteiger partial charge in [-0.1, -0.05) is 23.8 Å². The summed E-state index contributed by atoms with van der Waals surface area (Å²) in [6.45, 7) is 3.86. The van der Waals surface area contributed by atoms with E-state index in [4.69, 9.17) is 0 Å². The number of aryl methyl sites for hydroxylation is 2. The molecular formula is C9H11O. The van der Waals surface area contributed by atoms with Crippen LogP contribution in [-0.2, 0) is 11.7 Å². The molecule has 0 atom stereocenters. The third-order valence-corrected chi connectivity index (χ3v) is 1.66. The Morgan fingerprint density at radius 3 is 2.50 bits per heavy atom. The first-order valence-electron chi connectivity index (χ1n) is 3.38. The van der Waals surface area contributed by atoms with Crippen molar-refractivity contribution < 1.29 is 5.11 Å². The quantitative estimate of drug-likeness (QED) is 0.562. The average Bonchev–Trinajstić information content (AvgIpc) is 1.94. The molecule has 1 aromatic carbocycles. The van der Waals surface area contributed by atoms with Crippen LogP contribution in [0.25, 0.3) is 0 Å². The van der Waals surface area contributed by atoms with Gasteiger partial charge in [-0.25, -0.2) is 5.11 Å². The minimum Gasteiger partial charge on any atom is -0.232 e. The summed E-state index contributed by atoms with van der Waals surface area (Å²) in [6, 6.07) is 5.96. The monoisotopic (exact) mass is 135 g/mol. The van der Waals surface area contributed by atoms with Crippen molar-refractivity contribution in [1.82, 2.24) is 0 Å². The molecule has 53 valence electrons. The SMILES string of the molecule is Cc1ccc(C)c(C[O])c1. The Morgan fingerprint density at radius 1 is 1.30 bits per heavy atom. The molecule has 1 rings (SSSR count). The Balaban J connectivity index is 3.09. The molecule has 0 aliphatic heterocycles. The van der Waals surface area contributed by atoms with Crippen molar-refractivity contribution in [3.63, 3.8) is 0 Å². The largest absolute Gasteiger partial charge is 0.232 e. The molecule has 1 aromatic rings. The van der Waals surface area contributed by atoms with E-state index < -0.39 is 0 Å². The molecule has 0 N–H and O–H groups in total. The molecule has 0 aliphatic carbocycles. The highest BCUT2D eigenvalue weighted by Crippen LogP contribution is 2.09.